The van der Waals surface area contributed by atoms with E-state index in [0.717, 1.165) is 22.9 Å². The minimum Gasteiger partial charge on any atom is -0.497 e. The lowest BCUT2D eigenvalue weighted by molar-refractivity contribution is 0.350. The zero-order chi connectivity index (χ0) is 14.4. The second-order valence-electron chi connectivity index (χ2n) is 4.28. The van der Waals surface area contributed by atoms with Crippen molar-refractivity contribution in [1.29, 1.82) is 0 Å². The predicted octanol–water partition coefficient (Wildman–Crippen LogP) is 2.74. The zero-order valence-corrected chi connectivity index (χ0v) is 12.4. The molecule has 0 saturated carbocycles. The number of methoxy groups -OCH3 is 1. The van der Waals surface area contributed by atoms with Crippen LogP contribution in [0.5, 0.6) is 5.75 Å². The number of hydrogen-bond donors (Lipinski definition) is 1. The number of hydrogen-bond acceptors (Lipinski definition) is 4. The third kappa shape index (κ3) is 3.77. The van der Waals surface area contributed by atoms with Crippen LogP contribution in [0.25, 0.3) is 0 Å². The van der Waals surface area contributed by atoms with Crippen LogP contribution < -0.4 is 9.64 Å². The number of rotatable bonds is 4. The SMILES string of the molecule is COc1ccc(N(C)Cc2ccc(C#CCO)s2)cc1. The zero-order valence-electron chi connectivity index (χ0n) is 11.6. The molecule has 4 heteroatoms. The van der Waals surface area contributed by atoms with Crippen LogP contribution in [0.1, 0.15) is 9.75 Å². The van der Waals surface area contributed by atoms with E-state index >= 15 is 0 Å². The molecule has 0 aliphatic rings. The maximum atomic E-state index is 8.68. The van der Waals surface area contributed by atoms with E-state index in [1.165, 1.54) is 4.88 Å². The van der Waals surface area contributed by atoms with Crippen LogP contribution in [0.15, 0.2) is 36.4 Å². The first-order valence-corrected chi connectivity index (χ1v) is 7.08. The van der Waals surface area contributed by atoms with E-state index in [2.05, 4.69) is 29.9 Å². The summed E-state index contributed by atoms with van der Waals surface area (Å²) in [5, 5.41) is 8.68. The number of nitrogens with zero attached hydrogens (tertiary/aromatic N) is 1. The standard InChI is InChI=1S/C16H17NO2S/c1-17(13-5-7-14(19-2)8-6-13)12-16-10-9-15(20-16)4-3-11-18/h5-10,18H,11-12H2,1-2H3. The molecular formula is C16H17NO2S. The van der Waals surface area contributed by atoms with E-state index in [0.29, 0.717) is 0 Å². The molecule has 1 aromatic carbocycles. The van der Waals surface area contributed by atoms with E-state index in [9.17, 15) is 0 Å². The lowest BCUT2D eigenvalue weighted by atomic mass is 10.2. The highest BCUT2D eigenvalue weighted by Crippen LogP contribution is 2.22. The van der Waals surface area contributed by atoms with Gasteiger partial charge in [0.1, 0.15) is 12.4 Å². The third-order valence-electron chi connectivity index (χ3n) is 2.86. The normalized spacial score (nSPS) is 9.75. The Morgan fingerprint density at radius 1 is 1.20 bits per heavy atom. The fourth-order valence-electron chi connectivity index (χ4n) is 1.82. The summed E-state index contributed by atoms with van der Waals surface area (Å²) in [6.07, 6.45) is 0. The second kappa shape index (κ2) is 6.99. The molecule has 0 saturated heterocycles. The molecule has 1 N–H and O–H groups in total. The lowest BCUT2D eigenvalue weighted by Crippen LogP contribution is -2.15. The number of anilines is 1. The van der Waals surface area contributed by atoms with Crippen molar-refractivity contribution in [3.63, 3.8) is 0 Å². The molecule has 0 amide bonds. The van der Waals surface area contributed by atoms with E-state index in [1.54, 1.807) is 18.4 Å². The average Bonchev–Trinajstić information content (AvgIpc) is 2.92. The fraction of sp³-hybridized carbons (Fsp3) is 0.250. The van der Waals surface area contributed by atoms with Crippen LogP contribution in [0.2, 0.25) is 0 Å². The van der Waals surface area contributed by atoms with Crippen LogP contribution in [0, 0.1) is 11.8 Å². The van der Waals surface area contributed by atoms with E-state index in [-0.39, 0.29) is 6.61 Å². The quantitative estimate of drug-likeness (QED) is 0.878. The molecule has 1 heterocycles. The monoisotopic (exact) mass is 287 g/mol. The van der Waals surface area contributed by atoms with Crippen LogP contribution in [0.4, 0.5) is 5.69 Å². The van der Waals surface area contributed by atoms with Crippen molar-refractivity contribution in [2.45, 2.75) is 6.54 Å². The smallest absolute Gasteiger partial charge is 0.119 e. The average molecular weight is 287 g/mol. The summed E-state index contributed by atoms with van der Waals surface area (Å²) in [5.41, 5.74) is 1.14. The van der Waals surface area contributed by atoms with Gasteiger partial charge in [0.15, 0.2) is 0 Å². The van der Waals surface area contributed by atoms with Gasteiger partial charge in [-0.3, -0.25) is 0 Å². The fourth-order valence-corrected chi connectivity index (χ4v) is 2.75. The number of aliphatic hydroxyl groups is 1. The van der Waals surface area contributed by atoms with Crippen molar-refractivity contribution in [1.82, 2.24) is 0 Å². The van der Waals surface area contributed by atoms with Gasteiger partial charge in [0.25, 0.3) is 0 Å². The number of thiophene rings is 1. The van der Waals surface area contributed by atoms with Gasteiger partial charge in [0.2, 0.25) is 0 Å². The highest BCUT2D eigenvalue weighted by molar-refractivity contribution is 7.12. The number of aliphatic hydroxyl groups excluding tert-OH is 1. The summed E-state index contributed by atoms with van der Waals surface area (Å²) in [7, 11) is 3.72. The van der Waals surface area contributed by atoms with Crippen molar-refractivity contribution >= 4 is 17.0 Å². The van der Waals surface area contributed by atoms with Crippen molar-refractivity contribution in [2.75, 3.05) is 25.7 Å². The van der Waals surface area contributed by atoms with Gasteiger partial charge in [-0.25, -0.2) is 0 Å². The van der Waals surface area contributed by atoms with E-state index in [4.69, 9.17) is 9.84 Å². The Balaban J connectivity index is 2.02. The Hall–Kier alpha value is -1.96. The first-order valence-electron chi connectivity index (χ1n) is 6.26. The molecule has 2 rings (SSSR count). The molecule has 0 unspecified atom stereocenters. The highest BCUT2D eigenvalue weighted by Gasteiger charge is 2.04. The largest absolute Gasteiger partial charge is 0.497 e. The minimum atomic E-state index is -0.0982. The topological polar surface area (TPSA) is 32.7 Å². The Labute approximate surface area is 123 Å². The molecule has 0 atom stereocenters. The molecule has 104 valence electrons. The summed E-state index contributed by atoms with van der Waals surface area (Å²) in [6.45, 7) is 0.733. The molecule has 0 radical (unpaired) electrons. The molecule has 0 aliphatic carbocycles. The van der Waals surface area contributed by atoms with Crippen LogP contribution >= 0.6 is 11.3 Å². The van der Waals surface area contributed by atoms with Gasteiger partial charge in [-0.2, -0.15) is 0 Å². The van der Waals surface area contributed by atoms with Gasteiger partial charge >= 0.3 is 0 Å². The molecule has 20 heavy (non-hydrogen) atoms. The van der Waals surface area contributed by atoms with Gasteiger partial charge in [-0.1, -0.05) is 11.8 Å². The Morgan fingerprint density at radius 2 is 1.95 bits per heavy atom. The first-order chi connectivity index (χ1) is 9.72. The molecule has 0 aliphatic heterocycles. The van der Waals surface area contributed by atoms with Gasteiger partial charge in [-0.05, 0) is 36.4 Å². The second-order valence-corrected chi connectivity index (χ2v) is 5.45. The summed E-state index contributed by atoms with van der Waals surface area (Å²) < 4.78 is 5.16. The summed E-state index contributed by atoms with van der Waals surface area (Å²) in [4.78, 5) is 4.40. The summed E-state index contributed by atoms with van der Waals surface area (Å²) in [6, 6.07) is 12.1. The van der Waals surface area contributed by atoms with E-state index < -0.39 is 0 Å². The molecule has 0 bridgehead atoms. The lowest BCUT2D eigenvalue weighted by Gasteiger charge is -2.18. The van der Waals surface area contributed by atoms with Gasteiger partial charge in [-0.15, -0.1) is 11.3 Å². The molecule has 1 aromatic heterocycles. The Morgan fingerprint density at radius 3 is 2.60 bits per heavy atom. The molecule has 3 nitrogen and oxygen atoms in total. The van der Waals surface area contributed by atoms with Gasteiger partial charge in [0, 0.05) is 17.6 Å². The van der Waals surface area contributed by atoms with E-state index in [1.807, 2.05) is 30.3 Å². The first kappa shape index (κ1) is 14.4. The minimum absolute atomic E-state index is 0.0982. The predicted molar refractivity (Wildman–Crippen MR) is 83.4 cm³/mol. The molecule has 0 fully saturated rings. The third-order valence-corrected chi connectivity index (χ3v) is 3.84. The van der Waals surface area contributed by atoms with Gasteiger partial charge in [0.05, 0.1) is 18.5 Å². The van der Waals surface area contributed by atoms with Crippen molar-refractivity contribution in [3.8, 4) is 17.6 Å². The number of benzene rings is 1. The Kier molecular flexibility index (Phi) is 5.05. The van der Waals surface area contributed by atoms with Crippen LogP contribution in [-0.4, -0.2) is 25.9 Å². The van der Waals surface area contributed by atoms with Crippen molar-refractivity contribution in [2.24, 2.45) is 0 Å². The van der Waals surface area contributed by atoms with Crippen molar-refractivity contribution < 1.29 is 9.84 Å². The maximum Gasteiger partial charge on any atom is 0.119 e. The summed E-state index contributed by atoms with van der Waals surface area (Å²) in [5.74, 6) is 6.45. The number of ether oxygens (including phenoxy) is 1. The highest BCUT2D eigenvalue weighted by atomic mass is 32.1. The van der Waals surface area contributed by atoms with Crippen molar-refractivity contribution in [3.05, 3.63) is 46.2 Å². The Bertz CT molecular complexity index is 607. The van der Waals surface area contributed by atoms with Gasteiger partial charge < -0.3 is 14.7 Å². The van der Waals surface area contributed by atoms with Crippen LogP contribution in [0.3, 0.4) is 0 Å². The summed E-state index contributed by atoms with van der Waals surface area (Å²) >= 11 is 1.65. The molecule has 0 spiro atoms. The maximum absolute atomic E-state index is 8.68. The molecular weight excluding hydrogens is 270 g/mol. The molecule has 2 aromatic rings. The van der Waals surface area contributed by atoms with Crippen LogP contribution in [-0.2, 0) is 6.54 Å².